The minimum absolute atomic E-state index is 0.0794. The van der Waals surface area contributed by atoms with Gasteiger partial charge in [-0.05, 0) is 74.1 Å². The van der Waals surface area contributed by atoms with Gasteiger partial charge in [0.1, 0.15) is 0 Å². The zero-order valence-electron chi connectivity index (χ0n) is 18.7. The molecular weight excluding hydrogens is 458 g/mol. The minimum Gasteiger partial charge on any atom is -0.306 e. The van der Waals surface area contributed by atoms with Crippen LogP contribution in [0.3, 0.4) is 0 Å². The van der Waals surface area contributed by atoms with E-state index in [4.69, 9.17) is 11.6 Å². The van der Waals surface area contributed by atoms with Crippen LogP contribution < -0.4 is 21.1 Å². The van der Waals surface area contributed by atoms with E-state index in [9.17, 15) is 13.2 Å². The third-order valence-corrected chi connectivity index (χ3v) is 7.53. The molecule has 1 aliphatic carbocycles. The molecule has 0 amide bonds. The van der Waals surface area contributed by atoms with E-state index in [0.717, 1.165) is 46.0 Å². The molecule has 1 fully saturated rings. The number of hydrogen-bond acceptors (Lipinski definition) is 3. The van der Waals surface area contributed by atoms with Crippen molar-refractivity contribution in [3.63, 3.8) is 0 Å². The number of aromatic amines is 2. The Balaban J connectivity index is 1.59. The number of nitrogens with one attached hydrogen (secondary N) is 3. The van der Waals surface area contributed by atoms with Crippen molar-refractivity contribution in [3.05, 3.63) is 80.3 Å². The number of H-pyrrole nitrogens is 2. The average Bonchev–Trinajstić information content (AvgIpc) is 3.51. The number of allylic oxidation sites excluding steroid dienone is 2. The topological polar surface area (TPSA) is 94.8 Å². The maximum Gasteiger partial charge on any atom is 0.323 e. The fourth-order valence-electron chi connectivity index (χ4n) is 3.50. The number of benzene rings is 2. The van der Waals surface area contributed by atoms with E-state index >= 15 is 0 Å². The maximum absolute atomic E-state index is 12.3. The molecule has 3 aromatic rings. The molecule has 0 bridgehead atoms. The molecule has 1 saturated carbocycles. The van der Waals surface area contributed by atoms with E-state index in [1.165, 1.54) is 0 Å². The van der Waals surface area contributed by atoms with Crippen LogP contribution in [0, 0.1) is 0 Å². The summed E-state index contributed by atoms with van der Waals surface area (Å²) in [4.78, 5) is 17.5. The third-order valence-electron chi connectivity index (χ3n) is 5.60. The molecule has 172 valence electrons. The van der Waals surface area contributed by atoms with Crippen molar-refractivity contribution >= 4 is 38.8 Å². The van der Waals surface area contributed by atoms with Crippen molar-refractivity contribution in [2.75, 3.05) is 0 Å². The van der Waals surface area contributed by atoms with Crippen LogP contribution in [0.5, 0.6) is 0 Å². The Kier molecular flexibility index (Phi) is 6.47. The van der Waals surface area contributed by atoms with E-state index in [1.54, 1.807) is 18.2 Å². The summed E-state index contributed by atoms with van der Waals surface area (Å²) in [5.41, 5.74) is 4.43. The molecule has 0 aliphatic heterocycles. The van der Waals surface area contributed by atoms with Gasteiger partial charge < -0.3 is 9.97 Å². The number of sulfonamides is 1. The van der Waals surface area contributed by atoms with Crippen LogP contribution in [0.15, 0.2) is 63.3 Å². The van der Waals surface area contributed by atoms with E-state index in [-0.39, 0.29) is 16.6 Å². The molecule has 0 radical (unpaired) electrons. The molecule has 3 N–H and O–H groups in total. The van der Waals surface area contributed by atoms with Crippen LogP contribution in [0.2, 0.25) is 0 Å². The number of imidazole rings is 1. The fraction of sp³-hybridized carbons (Fsp3) is 0.240. The van der Waals surface area contributed by atoms with Gasteiger partial charge in [0.2, 0.25) is 10.0 Å². The highest BCUT2D eigenvalue weighted by atomic mass is 35.5. The van der Waals surface area contributed by atoms with Crippen LogP contribution in [0.4, 0.5) is 0 Å². The van der Waals surface area contributed by atoms with Crippen LogP contribution in [-0.2, 0) is 10.0 Å². The Morgan fingerprint density at radius 3 is 2.09 bits per heavy atom. The fourth-order valence-corrected chi connectivity index (χ4v) is 5.02. The average molecular weight is 484 g/mol. The van der Waals surface area contributed by atoms with Gasteiger partial charge in [-0.3, -0.25) is 0 Å². The number of hydrogen-bond donors (Lipinski definition) is 3. The molecule has 1 aliphatic rings. The number of rotatable bonds is 6. The summed E-state index contributed by atoms with van der Waals surface area (Å²) in [5.74, 6) is 0. The minimum atomic E-state index is -3.46. The molecule has 0 atom stereocenters. The summed E-state index contributed by atoms with van der Waals surface area (Å²) in [7, 11) is -3.46. The second kappa shape index (κ2) is 9.17. The summed E-state index contributed by atoms with van der Waals surface area (Å²) in [6.45, 7) is 5.77. The summed E-state index contributed by atoms with van der Waals surface area (Å²) in [5, 5.41) is 1.91. The van der Waals surface area contributed by atoms with Crippen molar-refractivity contribution in [1.29, 1.82) is 0 Å². The summed E-state index contributed by atoms with van der Waals surface area (Å²) >= 11 is 6.56. The second-order valence-corrected chi connectivity index (χ2v) is 10.6. The Hall–Kier alpha value is -2.87. The SMILES string of the molecule is CC(C)=c1[nH]c(=O)[nH]/c1=C/C(Cl)=C(\C)c1ccc(-c2ccc(S(=O)(=O)NC3CC3)cc2)cc1. The zero-order chi connectivity index (χ0) is 23.8. The summed E-state index contributed by atoms with van der Waals surface area (Å²) < 4.78 is 27.4. The summed E-state index contributed by atoms with van der Waals surface area (Å²) in [6, 6.07) is 14.9. The highest BCUT2D eigenvalue weighted by Crippen LogP contribution is 2.27. The first-order valence-electron chi connectivity index (χ1n) is 10.7. The van der Waals surface area contributed by atoms with Gasteiger partial charge in [-0.1, -0.05) is 53.6 Å². The quantitative estimate of drug-likeness (QED) is 0.501. The van der Waals surface area contributed by atoms with Gasteiger partial charge in [-0.2, -0.15) is 0 Å². The smallest absolute Gasteiger partial charge is 0.306 e. The molecule has 33 heavy (non-hydrogen) atoms. The lowest BCUT2D eigenvalue weighted by atomic mass is 10.0. The van der Waals surface area contributed by atoms with Crippen LogP contribution in [-0.4, -0.2) is 24.4 Å². The van der Waals surface area contributed by atoms with Gasteiger partial charge in [0.15, 0.2) is 0 Å². The van der Waals surface area contributed by atoms with Gasteiger partial charge in [-0.25, -0.2) is 17.9 Å². The van der Waals surface area contributed by atoms with Gasteiger partial charge in [0.25, 0.3) is 0 Å². The maximum atomic E-state index is 12.3. The lowest BCUT2D eigenvalue weighted by molar-refractivity contribution is 0.581. The first-order valence-corrected chi connectivity index (χ1v) is 12.6. The molecule has 2 aromatic carbocycles. The molecule has 0 spiro atoms. The zero-order valence-corrected chi connectivity index (χ0v) is 20.3. The molecule has 0 unspecified atom stereocenters. The predicted molar refractivity (Wildman–Crippen MR) is 134 cm³/mol. The Morgan fingerprint density at radius 2 is 1.55 bits per heavy atom. The van der Waals surface area contributed by atoms with E-state index < -0.39 is 10.0 Å². The van der Waals surface area contributed by atoms with Crippen molar-refractivity contribution in [2.45, 2.75) is 44.6 Å². The van der Waals surface area contributed by atoms with E-state index in [0.29, 0.717) is 10.4 Å². The monoisotopic (exact) mass is 483 g/mol. The van der Waals surface area contributed by atoms with E-state index in [1.807, 2.05) is 57.2 Å². The predicted octanol–water partition coefficient (Wildman–Crippen LogP) is 3.45. The van der Waals surface area contributed by atoms with Crippen LogP contribution >= 0.6 is 11.6 Å². The van der Waals surface area contributed by atoms with Gasteiger partial charge in [0, 0.05) is 11.1 Å². The standard InChI is InChI=1S/C25H26ClN3O3S/c1-15(2)24-23(27-25(30)28-24)14-22(26)16(3)17-4-6-18(7-5-17)19-8-12-21(13-9-19)33(31,32)29-20-10-11-20/h4-9,12-14,20,29H,10-11H2,1-3H3,(H2,27,28,30)/b22-16-,23-14+. The van der Waals surface area contributed by atoms with Gasteiger partial charge >= 0.3 is 5.69 Å². The normalized spacial score (nSPS) is 15.5. The van der Waals surface area contributed by atoms with E-state index in [2.05, 4.69) is 14.7 Å². The second-order valence-electron chi connectivity index (χ2n) is 8.48. The highest BCUT2D eigenvalue weighted by molar-refractivity contribution is 7.89. The molecule has 1 heterocycles. The first-order chi connectivity index (χ1) is 15.6. The Morgan fingerprint density at radius 1 is 0.970 bits per heavy atom. The number of halogens is 1. The molecule has 8 heteroatoms. The van der Waals surface area contributed by atoms with Gasteiger partial charge in [-0.15, -0.1) is 0 Å². The van der Waals surface area contributed by atoms with Crippen molar-refractivity contribution in [3.8, 4) is 11.1 Å². The van der Waals surface area contributed by atoms with Crippen LogP contribution in [0.1, 0.15) is 39.2 Å². The van der Waals surface area contributed by atoms with Gasteiger partial charge in [0.05, 0.1) is 15.6 Å². The molecule has 6 nitrogen and oxygen atoms in total. The molecule has 0 saturated heterocycles. The van der Waals surface area contributed by atoms with Crippen molar-refractivity contribution in [2.24, 2.45) is 0 Å². The Bertz CT molecular complexity index is 1490. The largest absolute Gasteiger partial charge is 0.323 e. The third kappa shape index (κ3) is 5.38. The summed E-state index contributed by atoms with van der Waals surface area (Å²) in [6.07, 6.45) is 3.56. The molecular formula is C25H26ClN3O3S. The highest BCUT2D eigenvalue weighted by Gasteiger charge is 2.27. The number of aromatic nitrogens is 2. The van der Waals surface area contributed by atoms with Crippen molar-refractivity contribution in [1.82, 2.24) is 14.7 Å². The lowest BCUT2D eigenvalue weighted by Crippen LogP contribution is -2.26. The molecule has 4 rings (SSSR count). The van der Waals surface area contributed by atoms with Crippen LogP contribution in [0.25, 0.3) is 28.3 Å². The first kappa shape index (κ1) is 23.3. The Labute approximate surface area is 197 Å². The molecule has 1 aromatic heterocycles. The lowest BCUT2D eigenvalue weighted by Gasteiger charge is -2.08. The van der Waals surface area contributed by atoms with Crippen molar-refractivity contribution < 1.29 is 8.42 Å².